The molecule has 7 nitrogen and oxygen atoms in total. The fraction of sp³-hybridized carbons (Fsp3) is 0.375. The molecule has 138 valence electrons. The van der Waals surface area contributed by atoms with Gasteiger partial charge in [0.1, 0.15) is 11.3 Å². The number of carbonyl (C=O) groups is 1. The van der Waals surface area contributed by atoms with Crippen LogP contribution < -0.4 is 5.32 Å². The number of halogens is 3. The summed E-state index contributed by atoms with van der Waals surface area (Å²) in [6, 6.07) is 3.00. The Balaban J connectivity index is 1.81. The molecule has 10 heteroatoms. The Labute approximate surface area is 146 Å². The number of alkyl halides is 3. The Bertz CT molecular complexity index is 930. The number of hydrogen-bond donors (Lipinski definition) is 1. The molecule has 3 heterocycles. The minimum atomic E-state index is -4.70. The number of carbonyl (C=O) groups excluding carboxylic acids is 1. The quantitative estimate of drug-likeness (QED) is 0.749. The maximum Gasteiger partial charge on any atom is 0.471 e. The zero-order valence-electron chi connectivity index (χ0n) is 14.0. The van der Waals surface area contributed by atoms with Crippen LogP contribution in [0.2, 0.25) is 0 Å². The van der Waals surface area contributed by atoms with E-state index in [0.29, 0.717) is 23.7 Å². The van der Waals surface area contributed by atoms with Crippen molar-refractivity contribution in [2.45, 2.75) is 26.4 Å². The van der Waals surface area contributed by atoms with Crippen molar-refractivity contribution in [1.29, 1.82) is 0 Å². The van der Waals surface area contributed by atoms with Gasteiger partial charge in [0.2, 0.25) is 5.82 Å². The molecule has 26 heavy (non-hydrogen) atoms. The molecule has 0 unspecified atom stereocenters. The van der Waals surface area contributed by atoms with Gasteiger partial charge in [-0.1, -0.05) is 19.0 Å². The van der Waals surface area contributed by atoms with Gasteiger partial charge in [-0.25, -0.2) is 4.98 Å². The first kappa shape index (κ1) is 17.9. The number of amides is 1. The van der Waals surface area contributed by atoms with E-state index in [1.807, 2.05) is 0 Å². The van der Waals surface area contributed by atoms with E-state index in [0.717, 1.165) is 6.42 Å². The fourth-order valence-corrected chi connectivity index (χ4v) is 2.25. The van der Waals surface area contributed by atoms with Crippen LogP contribution in [0.1, 0.15) is 36.6 Å². The van der Waals surface area contributed by atoms with Crippen LogP contribution in [0.4, 0.5) is 13.2 Å². The average Bonchev–Trinajstić information content (AvgIpc) is 3.20. The van der Waals surface area contributed by atoms with Gasteiger partial charge in [0, 0.05) is 24.5 Å². The number of aromatic nitrogens is 4. The van der Waals surface area contributed by atoms with Crippen molar-refractivity contribution < 1.29 is 22.5 Å². The molecular formula is C16H16F3N5O2. The van der Waals surface area contributed by atoms with Gasteiger partial charge >= 0.3 is 12.1 Å². The van der Waals surface area contributed by atoms with Gasteiger partial charge in [-0.15, -0.1) is 0 Å². The van der Waals surface area contributed by atoms with Crippen molar-refractivity contribution in [1.82, 2.24) is 24.8 Å². The zero-order chi connectivity index (χ0) is 18.9. The Hall–Kier alpha value is -2.91. The first-order valence-electron chi connectivity index (χ1n) is 7.92. The van der Waals surface area contributed by atoms with Crippen molar-refractivity contribution in [3.05, 3.63) is 36.1 Å². The van der Waals surface area contributed by atoms with Crippen LogP contribution in [0.15, 0.2) is 29.0 Å². The number of imidazole rings is 1. The molecule has 3 rings (SSSR count). The summed E-state index contributed by atoms with van der Waals surface area (Å²) in [5.41, 5.74) is 0.902. The molecule has 0 aliphatic rings. The molecule has 0 fully saturated rings. The summed E-state index contributed by atoms with van der Waals surface area (Å²) in [5, 5.41) is 6.11. The molecule has 0 radical (unpaired) electrons. The highest BCUT2D eigenvalue weighted by atomic mass is 19.4. The van der Waals surface area contributed by atoms with E-state index in [1.54, 1.807) is 16.8 Å². The van der Waals surface area contributed by atoms with Crippen LogP contribution in [0.3, 0.4) is 0 Å². The van der Waals surface area contributed by atoms with Crippen LogP contribution in [0.25, 0.3) is 17.0 Å². The molecule has 0 spiro atoms. The predicted octanol–water partition coefficient (Wildman–Crippen LogP) is 3.18. The highest BCUT2D eigenvalue weighted by molar-refractivity contribution is 5.92. The lowest BCUT2D eigenvalue weighted by molar-refractivity contribution is -0.159. The summed E-state index contributed by atoms with van der Waals surface area (Å²) >= 11 is 0. The first-order valence-corrected chi connectivity index (χ1v) is 7.92. The zero-order valence-corrected chi connectivity index (χ0v) is 14.0. The molecule has 0 aliphatic heterocycles. The lowest BCUT2D eigenvalue weighted by Crippen LogP contribution is -2.25. The summed E-state index contributed by atoms with van der Waals surface area (Å²) in [7, 11) is 0. The van der Waals surface area contributed by atoms with E-state index in [9.17, 15) is 18.0 Å². The number of fused-ring (bicyclic) bond motifs is 1. The number of nitrogens with one attached hydrogen (secondary N) is 1. The van der Waals surface area contributed by atoms with Crippen LogP contribution in [0.5, 0.6) is 0 Å². The molecule has 0 saturated heterocycles. The lowest BCUT2D eigenvalue weighted by atomic mass is 10.1. The second-order valence-electron chi connectivity index (χ2n) is 6.17. The van der Waals surface area contributed by atoms with Gasteiger partial charge in [0.25, 0.3) is 5.91 Å². The van der Waals surface area contributed by atoms with Gasteiger partial charge in [-0.05, 0) is 24.5 Å². The van der Waals surface area contributed by atoms with Gasteiger partial charge in [-0.3, -0.25) is 4.79 Å². The topological polar surface area (TPSA) is 85.3 Å². The highest BCUT2D eigenvalue weighted by Crippen LogP contribution is 2.29. The number of rotatable bonds is 5. The molecule has 3 aromatic heterocycles. The highest BCUT2D eigenvalue weighted by Gasteiger charge is 2.38. The van der Waals surface area contributed by atoms with Crippen LogP contribution >= 0.6 is 0 Å². The van der Waals surface area contributed by atoms with E-state index in [2.05, 4.69) is 38.8 Å². The summed E-state index contributed by atoms with van der Waals surface area (Å²) in [6.45, 7) is 4.65. The van der Waals surface area contributed by atoms with Crippen LogP contribution in [-0.4, -0.2) is 32.0 Å². The maximum absolute atomic E-state index is 12.6. The normalized spacial score (nSPS) is 12.1. The average molecular weight is 367 g/mol. The molecule has 1 amide bonds. The smallest absolute Gasteiger partial charge is 0.351 e. The van der Waals surface area contributed by atoms with E-state index in [1.165, 1.54) is 12.1 Å². The van der Waals surface area contributed by atoms with Crippen LogP contribution in [-0.2, 0) is 6.18 Å². The van der Waals surface area contributed by atoms with Crippen molar-refractivity contribution in [2.24, 2.45) is 5.92 Å². The Kier molecular flexibility index (Phi) is 4.66. The standard InChI is InChI=1S/C16H16F3N5O2/c1-9(2)3-5-20-14(25)11-8-24-6-4-10(7-12(24)21-11)13-22-15(26-23-13)16(17,18)19/h4,6-9H,3,5H2,1-2H3,(H,20,25). The molecule has 0 saturated carbocycles. The SMILES string of the molecule is CC(C)CCNC(=O)c1cn2ccc(-c3noc(C(F)(F)F)n3)cc2n1. The van der Waals surface area contributed by atoms with Gasteiger partial charge in [0.05, 0.1) is 0 Å². The third-order valence-corrected chi connectivity index (χ3v) is 3.63. The molecule has 0 aromatic carbocycles. The van der Waals surface area contributed by atoms with Crippen molar-refractivity contribution in [3.63, 3.8) is 0 Å². The van der Waals surface area contributed by atoms with Crippen LogP contribution in [0, 0.1) is 5.92 Å². The molecular weight excluding hydrogens is 351 g/mol. The third-order valence-electron chi connectivity index (χ3n) is 3.63. The van der Waals surface area contributed by atoms with Crippen molar-refractivity contribution >= 4 is 11.6 Å². The second-order valence-corrected chi connectivity index (χ2v) is 6.17. The first-order chi connectivity index (χ1) is 12.2. The van der Waals surface area contributed by atoms with Gasteiger partial charge in [0.15, 0.2) is 0 Å². The Morgan fingerprint density at radius 1 is 1.35 bits per heavy atom. The molecule has 0 aliphatic carbocycles. The number of hydrogen-bond acceptors (Lipinski definition) is 5. The summed E-state index contributed by atoms with van der Waals surface area (Å²) in [6.07, 6.45) is -0.750. The van der Waals surface area contributed by atoms with Gasteiger partial charge < -0.3 is 14.2 Å². The molecule has 0 atom stereocenters. The summed E-state index contributed by atoms with van der Waals surface area (Å²) in [4.78, 5) is 19.6. The molecule has 1 N–H and O–H groups in total. The van der Waals surface area contributed by atoms with E-state index in [4.69, 9.17) is 0 Å². The molecule has 0 bridgehead atoms. The molecule has 3 aromatic rings. The van der Waals surface area contributed by atoms with Gasteiger partial charge in [-0.2, -0.15) is 18.2 Å². The predicted molar refractivity (Wildman–Crippen MR) is 85.3 cm³/mol. The van der Waals surface area contributed by atoms with E-state index < -0.39 is 12.1 Å². The monoisotopic (exact) mass is 367 g/mol. The minimum Gasteiger partial charge on any atom is -0.351 e. The van der Waals surface area contributed by atoms with Crippen molar-refractivity contribution in [3.8, 4) is 11.4 Å². The van der Waals surface area contributed by atoms with Crippen molar-refractivity contribution in [2.75, 3.05) is 6.54 Å². The van der Waals surface area contributed by atoms with E-state index >= 15 is 0 Å². The summed E-state index contributed by atoms with van der Waals surface area (Å²) < 4.78 is 43.5. The lowest BCUT2D eigenvalue weighted by Gasteiger charge is -2.04. The largest absolute Gasteiger partial charge is 0.471 e. The third kappa shape index (κ3) is 3.84. The maximum atomic E-state index is 12.6. The summed E-state index contributed by atoms with van der Waals surface area (Å²) in [5.74, 6) is -1.46. The Morgan fingerprint density at radius 3 is 2.77 bits per heavy atom. The fourth-order valence-electron chi connectivity index (χ4n) is 2.25. The Morgan fingerprint density at radius 2 is 2.12 bits per heavy atom. The van der Waals surface area contributed by atoms with E-state index in [-0.39, 0.29) is 17.4 Å². The second kappa shape index (κ2) is 6.77. The minimum absolute atomic E-state index is 0.203. The number of pyridine rings is 1. The number of nitrogens with zero attached hydrogens (tertiary/aromatic N) is 4.